The van der Waals surface area contributed by atoms with Crippen molar-refractivity contribution in [2.75, 3.05) is 13.2 Å². The van der Waals surface area contributed by atoms with Crippen molar-refractivity contribution in [1.82, 2.24) is 0 Å². The van der Waals surface area contributed by atoms with Gasteiger partial charge in [-0.05, 0) is 18.4 Å². The Bertz CT molecular complexity index is 280. The fraction of sp³-hybridized carbons (Fsp3) is 0.538. The Morgan fingerprint density at radius 2 is 2.13 bits per heavy atom. The molecule has 2 atom stereocenters. The molecule has 0 saturated carbocycles. The molecule has 0 spiro atoms. The van der Waals surface area contributed by atoms with E-state index in [0.717, 1.165) is 26.1 Å². The quantitative estimate of drug-likeness (QED) is 0.667. The first-order valence-electron chi connectivity index (χ1n) is 5.65. The summed E-state index contributed by atoms with van der Waals surface area (Å²) in [5, 5.41) is 0. The number of rotatable bonds is 6. The summed E-state index contributed by atoms with van der Waals surface area (Å²) in [7, 11) is 0. The molecule has 1 saturated heterocycles. The molecule has 15 heavy (non-hydrogen) atoms. The molecule has 0 amide bonds. The Hall–Kier alpha value is -0.860. The molecule has 1 fully saturated rings. The molecule has 0 N–H and O–H groups in total. The third kappa shape index (κ3) is 3.65. The van der Waals surface area contributed by atoms with Gasteiger partial charge in [0.1, 0.15) is 6.10 Å². The van der Waals surface area contributed by atoms with Gasteiger partial charge in [-0.1, -0.05) is 37.3 Å². The van der Waals surface area contributed by atoms with Crippen molar-refractivity contribution in [3.05, 3.63) is 35.9 Å². The summed E-state index contributed by atoms with van der Waals surface area (Å²) in [4.78, 5) is 0. The second-order valence-electron chi connectivity index (χ2n) is 4.01. The predicted octanol–water partition coefficient (Wildman–Crippen LogP) is 2.42. The minimum atomic E-state index is 0.330. The summed E-state index contributed by atoms with van der Waals surface area (Å²) in [5.74, 6) is 0. The van der Waals surface area contributed by atoms with E-state index in [2.05, 4.69) is 31.2 Å². The van der Waals surface area contributed by atoms with E-state index in [4.69, 9.17) is 9.47 Å². The van der Waals surface area contributed by atoms with Crippen LogP contribution in [-0.4, -0.2) is 25.4 Å². The fourth-order valence-corrected chi connectivity index (χ4v) is 1.61. The van der Waals surface area contributed by atoms with Gasteiger partial charge in [-0.25, -0.2) is 0 Å². The van der Waals surface area contributed by atoms with E-state index in [-0.39, 0.29) is 0 Å². The molecule has 1 aromatic rings. The summed E-state index contributed by atoms with van der Waals surface area (Å²) < 4.78 is 10.9. The smallest absolute Gasteiger partial charge is 0.104 e. The van der Waals surface area contributed by atoms with Crippen LogP contribution in [0.15, 0.2) is 30.3 Å². The zero-order valence-electron chi connectivity index (χ0n) is 9.19. The van der Waals surface area contributed by atoms with E-state index in [1.807, 2.05) is 6.07 Å². The van der Waals surface area contributed by atoms with Gasteiger partial charge >= 0.3 is 0 Å². The Labute approximate surface area is 91.2 Å². The van der Waals surface area contributed by atoms with Crippen molar-refractivity contribution in [3.8, 4) is 0 Å². The van der Waals surface area contributed by atoms with Gasteiger partial charge in [0.25, 0.3) is 0 Å². The Morgan fingerprint density at radius 1 is 1.40 bits per heavy atom. The first kappa shape index (κ1) is 10.7. The molecule has 2 rings (SSSR count). The van der Waals surface area contributed by atoms with Gasteiger partial charge in [0, 0.05) is 0 Å². The van der Waals surface area contributed by atoms with Crippen molar-refractivity contribution < 1.29 is 9.47 Å². The number of hydrogen-bond donors (Lipinski definition) is 0. The molecule has 82 valence electrons. The average Bonchev–Trinajstić information content (AvgIpc) is 3.09. The summed E-state index contributed by atoms with van der Waals surface area (Å²) in [5.41, 5.74) is 1.35. The topological polar surface area (TPSA) is 21.8 Å². The van der Waals surface area contributed by atoms with Gasteiger partial charge in [-0.3, -0.25) is 0 Å². The molecule has 0 radical (unpaired) electrons. The summed E-state index contributed by atoms with van der Waals surface area (Å²) >= 11 is 0. The molecule has 1 heterocycles. The van der Waals surface area contributed by atoms with Crippen LogP contribution in [-0.2, 0) is 15.9 Å². The molecular formula is C13H18O2. The fourth-order valence-electron chi connectivity index (χ4n) is 1.61. The summed E-state index contributed by atoms with van der Waals surface area (Å²) in [6.07, 6.45) is 2.76. The van der Waals surface area contributed by atoms with Crippen molar-refractivity contribution in [1.29, 1.82) is 0 Å². The molecule has 1 aromatic carbocycles. The third-order valence-corrected chi connectivity index (χ3v) is 2.68. The van der Waals surface area contributed by atoms with E-state index >= 15 is 0 Å². The lowest BCUT2D eigenvalue weighted by Gasteiger charge is -2.15. The molecule has 2 nitrogen and oxygen atoms in total. The molecular weight excluding hydrogens is 188 g/mol. The highest BCUT2D eigenvalue weighted by atomic mass is 16.6. The second kappa shape index (κ2) is 5.29. The zero-order valence-corrected chi connectivity index (χ0v) is 9.19. The molecule has 2 unspecified atom stereocenters. The standard InChI is InChI=1S/C13H18O2/c1-2-12(14-9-13-10-15-13)8-11-6-4-3-5-7-11/h3-7,12-13H,2,8-10H2,1H3. The van der Waals surface area contributed by atoms with E-state index < -0.39 is 0 Å². The van der Waals surface area contributed by atoms with Gasteiger partial charge in [-0.15, -0.1) is 0 Å². The van der Waals surface area contributed by atoms with Crippen LogP contribution in [0, 0.1) is 0 Å². The lowest BCUT2D eigenvalue weighted by molar-refractivity contribution is 0.0407. The van der Waals surface area contributed by atoms with Gasteiger partial charge in [0.05, 0.1) is 19.3 Å². The van der Waals surface area contributed by atoms with E-state index in [9.17, 15) is 0 Å². The second-order valence-corrected chi connectivity index (χ2v) is 4.01. The van der Waals surface area contributed by atoms with Crippen molar-refractivity contribution in [2.24, 2.45) is 0 Å². The van der Waals surface area contributed by atoms with Crippen LogP contribution in [0.1, 0.15) is 18.9 Å². The lowest BCUT2D eigenvalue weighted by atomic mass is 10.1. The molecule has 0 aliphatic carbocycles. The van der Waals surface area contributed by atoms with E-state index in [1.54, 1.807) is 0 Å². The van der Waals surface area contributed by atoms with Crippen molar-refractivity contribution in [2.45, 2.75) is 32.0 Å². The maximum atomic E-state index is 5.79. The lowest BCUT2D eigenvalue weighted by Crippen LogP contribution is -2.18. The highest BCUT2D eigenvalue weighted by molar-refractivity contribution is 5.15. The molecule has 0 aromatic heterocycles. The number of ether oxygens (including phenoxy) is 2. The number of hydrogen-bond acceptors (Lipinski definition) is 2. The molecule has 2 heteroatoms. The largest absolute Gasteiger partial charge is 0.375 e. The zero-order chi connectivity index (χ0) is 10.5. The van der Waals surface area contributed by atoms with Gasteiger partial charge in [0.15, 0.2) is 0 Å². The Balaban J connectivity index is 1.78. The monoisotopic (exact) mass is 206 g/mol. The van der Waals surface area contributed by atoms with Crippen LogP contribution in [0.25, 0.3) is 0 Å². The van der Waals surface area contributed by atoms with Crippen LogP contribution in [0.4, 0.5) is 0 Å². The first-order valence-corrected chi connectivity index (χ1v) is 5.65. The van der Waals surface area contributed by atoms with Crippen molar-refractivity contribution in [3.63, 3.8) is 0 Å². The van der Waals surface area contributed by atoms with Crippen LogP contribution in [0.2, 0.25) is 0 Å². The predicted molar refractivity (Wildman–Crippen MR) is 59.9 cm³/mol. The highest BCUT2D eigenvalue weighted by Crippen LogP contribution is 2.13. The van der Waals surface area contributed by atoms with Crippen LogP contribution >= 0.6 is 0 Å². The minimum Gasteiger partial charge on any atom is -0.375 e. The minimum absolute atomic E-state index is 0.330. The SMILES string of the molecule is CCC(Cc1ccccc1)OCC1CO1. The Kier molecular flexibility index (Phi) is 3.75. The first-order chi connectivity index (χ1) is 7.38. The Morgan fingerprint density at radius 3 is 2.73 bits per heavy atom. The number of epoxide rings is 1. The molecule has 1 aliphatic rings. The molecule has 0 bridgehead atoms. The van der Waals surface area contributed by atoms with Gasteiger partial charge < -0.3 is 9.47 Å². The summed E-state index contributed by atoms with van der Waals surface area (Å²) in [6.45, 7) is 3.80. The highest BCUT2D eigenvalue weighted by Gasteiger charge is 2.23. The number of benzene rings is 1. The third-order valence-electron chi connectivity index (χ3n) is 2.68. The van der Waals surface area contributed by atoms with Crippen molar-refractivity contribution >= 4 is 0 Å². The van der Waals surface area contributed by atoms with Crippen LogP contribution < -0.4 is 0 Å². The average molecular weight is 206 g/mol. The van der Waals surface area contributed by atoms with E-state index in [0.29, 0.717) is 12.2 Å². The van der Waals surface area contributed by atoms with Crippen LogP contribution in [0.3, 0.4) is 0 Å². The van der Waals surface area contributed by atoms with Crippen LogP contribution in [0.5, 0.6) is 0 Å². The maximum Gasteiger partial charge on any atom is 0.104 e. The van der Waals surface area contributed by atoms with E-state index in [1.165, 1.54) is 5.56 Å². The van der Waals surface area contributed by atoms with Gasteiger partial charge in [-0.2, -0.15) is 0 Å². The maximum absolute atomic E-state index is 5.79. The summed E-state index contributed by atoms with van der Waals surface area (Å²) in [6, 6.07) is 10.5. The normalized spacial score (nSPS) is 21.3. The molecule has 1 aliphatic heterocycles. The van der Waals surface area contributed by atoms with Gasteiger partial charge in [0.2, 0.25) is 0 Å².